The third-order valence-corrected chi connectivity index (χ3v) is 6.99. The topological polar surface area (TPSA) is 87.2 Å². The summed E-state index contributed by atoms with van der Waals surface area (Å²) in [4.78, 5) is 11.9. The molecule has 4 heterocycles. The smallest absolute Gasteiger partial charge is 0.153 e. The van der Waals surface area contributed by atoms with E-state index in [1.807, 2.05) is 19.1 Å². The van der Waals surface area contributed by atoms with Gasteiger partial charge < -0.3 is 14.7 Å². The summed E-state index contributed by atoms with van der Waals surface area (Å²) in [6, 6.07) is 3.90. The van der Waals surface area contributed by atoms with E-state index < -0.39 is 0 Å². The van der Waals surface area contributed by atoms with E-state index >= 15 is 0 Å². The van der Waals surface area contributed by atoms with Crippen molar-refractivity contribution in [3.8, 4) is 11.3 Å². The lowest BCUT2D eigenvalue weighted by molar-refractivity contribution is 0.0975. The Labute approximate surface area is 180 Å². The van der Waals surface area contributed by atoms with Gasteiger partial charge in [-0.15, -0.1) is 0 Å². The van der Waals surface area contributed by atoms with E-state index in [0.29, 0.717) is 27.9 Å². The molecule has 158 valence electrons. The number of aromatic amines is 1. The van der Waals surface area contributed by atoms with E-state index in [0.717, 1.165) is 66.9 Å². The Morgan fingerprint density at radius 2 is 2.10 bits per heavy atom. The van der Waals surface area contributed by atoms with Crippen molar-refractivity contribution in [1.29, 1.82) is 0 Å². The summed E-state index contributed by atoms with van der Waals surface area (Å²) in [5.41, 5.74) is 3.93. The molecule has 1 atom stereocenters. The number of hydrogen-bond donors (Lipinski definition) is 2. The highest BCUT2D eigenvalue weighted by Crippen LogP contribution is 2.43. The van der Waals surface area contributed by atoms with Crippen LogP contribution in [0.25, 0.3) is 22.2 Å². The first-order chi connectivity index (χ1) is 14.5. The number of halogens is 1. The molecule has 0 unspecified atom stereocenters. The molecular weight excluding hydrogens is 402 g/mol. The molecule has 2 aromatic heterocycles. The van der Waals surface area contributed by atoms with Gasteiger partial charge >= 0.3 is 0 Å². The van der Waals surface area contributed by atoms with Gasteiger partial charge in [-0.05, 0) is 38.5 Å². The zero-order valence-corrected chi connectivity index (χ0v) is 18.0. The van der Waals surface area contributed by atoms with E-state index in [1.54, 1.807) is 6.20 Å². The maximum Gasteiger partial charge on any atom is 0.153 e. The summed E-state index contributed by atoms with van der Waals surface area (Å²) >= 11 is 6.63. The van der Waals surface area contributed by atoms with Crippen LogP contribution in [0.1, 0.15) is 37.6 Å². The number of anilines is 1. The number of aliphatic hydroxyl groups excluding tert-OH is 1. The molecule has 2 aliphatic rings. The summed E-state index contributed by atoms with van der Waals surface area (Å²) in [7, 11) is 0. The van der Waals surface area contributed by atoms with Gasteiger partial charge in [0.2, 0.25) is 0 Å². The number of nitrogens with one attached hydrogen (secondary N) is 1. The minimum atomic E-state index is -0.165. The number of aliphatic hydroxyl groups is 1. The summed E-state index contributed by atoms with van der Waals surface area (Å²) < 4.78 is 5.85. The third-order valence-electron chi connectivity index (χ3n) is 6.60. The minimum absolute atomic E-state index is 0.165. The molecule has 8 heteroatoms. The SMILES string of the molecule is Cc1nc(N2CCC3(CC2)CO[C@@H](C)C3)c(CO)nc1-c1ccc2cn[nH]c2c1Cl. The fourth-order valence-electron chi connectivity index (χ4n) is 4.91. The highest BCUT2D eigenvalue weighted by atomic mass is 35.5. The number of hydrogen-bond acceptors (Lipinski definition) is 6. The molecule has 2 fully saturated rings. The molecule has 0 aliphatic carbocycles. The van der Waals surface area contributed by atoms with Gasteiger partial charge in [0.15, 0.2) is 5.82 Å². The summed E-state index contributed by atoms with van der Waals surface area (Å²) in [6.07, 6.45) is 5.37. The standard InChI is InChI=1S/C22H26ClN5O2/c1-13-9-22(12-30-13)5-7-28(8-6-22)21-17(11-29)26-19(14(2)25-21)16-4-3-15-10-24-27-20(15)18(16)23/h3-4,10,13,29H,5-9,11-12H2,1-2H3,(H,24,27)/t13-/m0/s1. The van der Waals surface area contributed by atoms with Crippen molar-refractivity contribution < 1.29 is 9.84 Å². The average Bonchev–Trinajstić information content (AvgIpc) is 3.37. The fourth-order valence-corrected chi connectivity index (χ4v) is 5.21. The number of aryl methyl sites for hydroxylation is 1. The molecule has 30 heavy (non-hydrogen) atoms. The Bertz CT molecular complexity index is 1090. The third kappa shape index (κ3) is 3.25. The normalized spacial score (nSPS) is 21.1. The number of aromatic nitrogens is 4. The number of piperidine rings is 1. The van der Waals surface area contributed by atoms with Crippen LogP contribution in [-0.2, 0) is 11.3 Å². The van der Waals surface area contributed by atoms with Crippen molar-refractivity contribution in [3.63, 3.8) is 0 Å². The maximum atomic E-state index is 10.1. The lowest BCUT2D eigenvalue weighted by Gasteiger charge is -2.39. The average molecular weight is 428 g/mol. The quantitative estimate of drug-likeness (QED) is 0.659. The second kappa shape index (κ2) is 7.48. The lowest BCUT2D eigenvalue weighted by atomic mass is 9.77. The van der Waals surface area contributed by atoms with E-state index in [9.17, 15) is 5.11 Å². The monoisotopic (exact) mass is 427 g/mol. The zero-order chi connectivity index (χ0) is 20.9. The van der Waals surface area contributed by atoms with Crippen molar-refractivity contribution >= 4 is 28.3 Å². The zero-order valence-electron chi connectivity index (χ0n) is 17.3. The highest BCUT2D eigenvalue weighted by molar-refractivity contribution is 6.37. The first-order valence-corrected chi connectivity index (χ1v) is 10.8. The Kier molecular flexibility index (Phi) is 4.92. The Morgan fingerprint density at radius 3 is 2.80 bits per heavy atom. The van der Waals surface area contributed by atoms with Crippen LogP contribution < -0.4 is 4.90 Å². The second-order valence-electron chi connectivity index (χ2n) is 8.66. The first kappa shape index (κ1) is 19.7. The molecule has 0 bridgehead atoms. The Hall–Kier alpha value is -2.22. The minimum Gasteiger partial charge on any atom is -0.390 e. The number of H-pyrrole nitrogens is 1. The van der Waals surface area contributed by atoms with Gasteiger partial charge in [-0.1, -0.05) is 23.7 Å². The summed E-state index contributed by atoms with van der Waals surface area (Å²) in [5, 5.41) is 18.6. The number of benzene rings is 1. The molecular formula is C22H26ClN5O2. The van der Waals surface area contributed by atoms with Crippen molar-refractivity contribution in [2.24, 2.45) is 5.41 Å². The van der Waals surface area contributed by atoms with Crippen LogP contribution in [0.4, 0.5) is 5.82 Å². The van der Waals surface area contributed by atoms with Crippen LogP contribution in [-0.4, -0.2) is 51.1 Å². The van der Waals surface area contributed by atoms with Crippen LogP contribution in [0.3, 0.4) is 0 Å². The molecule has 7 nitrogen and oxygen atoms in total. The maximum absolute atomic E-state index is 10.1. The molecule has 2 aliphatic heterocycles. The van der Waals surface area contributed by atoms with Gasteiger partial charge in [0.25, 0.3) is 0 Å². The van der Waals surface area contributed by atoms with Crippen molar-refractivity contribution in [3.05, 3.63) is 34.7 Å². The van der Waals surface area contributed by atoms with Crippen LogP contribution in [0.15, 0.2) is 18.3 Å². The largest absolute Gasteiger partial charge is 0.390 e. The van der Waals surface area contributed by atoms with E-state index in [4.69, 9.17) is 26.3 Å². The summed E-state index contributed by atoms with van der Waals surface area (Å²) in [6.45, 7) is 6.59. The number of fused-ring (bicyclic) bond motifs is 1. The van der Waals surface area contributed by atoms with Crippen molar-refractivity contribution in [2.45, 2.75) is 45.8 Å². The number of ether oxygens (including phenoxy) is 1. The molecule has 0 amide bonds. The van der Waals surface area contributed by atoms with Gasteiger partial charge in [-0.25, -0.2) is 9.97 Å². The molecule has 1 spiro atoms. The molecule has 0 radical (unpaired) electrons. The summed E-state index contributed by atoms with van der Waals surface area (Å²) in [5.74, 6) is 0.777. The van der Waals surface area contributed by atoms with Gasteiger partial charge in [0, 0.05) is 24.0 Å². The van der Waals surface area contributed by atoms with Crippen LogP contribution in [0, 0.1) is 12.3 Å². The predicted molar refractivity (Wildman–Crippen MR) is 117 cm³/mol. The molecule has 1 aromatic carbocycles. The second-order valence-corrected chi connectivity index (χ2v) is 9.04. The fraction of sp³-hybridized carbons (Fsp3) is 0.500. The highest BCUT2D eigenvalue weighted by Gasteiger charge is 2.41. The van der Waals surface area contributed by atoms with Crippen molar-refractivity contribution in [2.75, 3.05) is 24.6 Å². The van der Waals surface area contributed by atoms with E-state index in [1.165, 1.54) is 0 Å². The first-order valence-electron chi connectivity index (χ1n) is 10.5. The molecule has 2 N–H and O–H groups in total. The Morgan fingerprint density at radius 1 is 1.30 bits per heavy atom. The van der Waals surface area contributed by atoms with Gasteiger partial charge in [-0.3, -0.25) is 5.10 Å². The van der Waals surface area contributed by atoms with Gasteiger partial charge in [0.1, 0.15) is 5.69 Å². The van der Waals surface area contributed by atoms with Gasteiger partial charge in [0.05, 0.1) is 47.4 Å². The molecule has 5 rings (SSSR count). The van der Waals surface area contributed by atoms with Crippen LogP contribution >= 0.6 is 11.6 Å². The van der Waals surface area contributed by atoms with Crippen LogP contribution in [0.2, 0.25) is 5.02 Å². The number of nitrogens with zero attached hydrogens (tertiary/aromatic N) is 4. The Balaban J connectivity index is 1.46. The molecule has 2 saturated heterocycles. The van der Waals surface area contributed by atoms with E-state index in [-0.39, 0.29) is 6.61 Å². The number of rotatable bonds is 3. The molecule has 0 saturated carbocycles. The lowest BCUT2D eigenvalue weighted by Crippen LogP contribution is -2.41. The van der Waals surface area contributed by atoms with E-state index in [2.05, 4.69) is 22.0 Å². The molecule has 3 aromatic rings. The van der Waals surface area contributed by atoms with Crippen LogP contribution in [0.5, 0.6) is 0 Å². The van der Waals surface area contributed by atoms with Crippen molar-refractivity contribution in [1.82, 2.24) is 20.2 Å². The predicted octanol–water partition coefficient (Wildman–Crippen LogP) is 3.87. The van der Waals surface area contributed by atoms with Gasteiger partial charge in [-0.2, -0.15) is 5.10 Å².